The Bertz CT molecular complexity index is 2290. The van der Waals surface area contributed by atoms with Gasteiger partial charge in [0.2, 0.25) is 11.8 Å². The van der Waals surface area contributed by atoms with E-state index in [1.165, 1.54) is 12.1 Å². The van der Waals surface area contributed by atoms with E-state index in [1.807, 2.05) is 9.80 Å². The Morgan fingerprint density at radius 3 is 1.84 bits per heavy atom. The summed E-state index contributed by atoms with van der Waals surface area (Å²) in [5.41, 5.74) is 0.216. The molecule has 2 aromatic rings. The Kier molecular flexibility index (Phi) is 18.6. The van der Waals surface area contributed by atoms with E-state index in [0.717, 1.165) is 6.20 Å². The van der Waals surface area contributed by atoms with Gasteiger partial charge in [0.1, 0.15) is 6.04 Å². The van der Waals surface area contributed by atoms with E-state index in [4.69, 9.17) is 0 Å². The van der Waals surface area contributed by atoms with Crippen LogP contribution in [-0.2, 0) is 34.5 Å². The molecule has 3 saturated heterocycles. The fraction of sp³-hybridized carbons (Fsp3) is 0.610. The number of likely N-dealkylation sites (tertiary alicyclic amines) is 1. The number of amides is 3. The van der Waals surface area contributed by atoms with Gasteiger partial charge >= 0.3 is 28.4 Å². The highest BCUT2D eigenvalue weighted by atomic mass is 32.3. The van der Waals surface area contributed by atoms with Crippen LogP contribution in [0.5, 0.6) is 5.75 Å². The fourth-order valence-corrected chi connectivity index (χ4v) is 8.64. The maximum Gasteiger partial charge on any atom is 0.488 e. The number of carboxylic acids is 3. The first-order chi connectivity index (χ1) is 32.1. The number of anilines is 1. The maximum atomic E-state index is 14.0. The van der Waals surface area contributed by atoms with Crippen molar-refractivity contribution < 1.29 is 69.4 Å². The molecule has 0 aliphatic carbocycles. The molecule has 4 N–H and O–H groups in total. The zero-order chi connectivity index (χ0) is 49.8. The van der Waals surface area contributed by atoms with Gasteiger partial charge in [-0.2, -0.15) is 13.7 Å². The molecule has 1 aromatic carbocycles. The molecule has 0 spiro atoms. The minimum atomic E-state index is -5.66. The number of halogens is 3. The third-order valence-electron chi connectivity index (χ3n) is 11.9. The third kappa shape index (κ3) is 16.1. The predicted octanol–water partition coefficient (Wildman–Crippen LogP) is -1.24. The van der Waals surface area contributed by atoms with Crippen LogP contribution in [0.1, 0.15) is 23.2 Å². The standard InChI is InChI=1S/C41H56F3N11O12S/c1-48(29-3-4-32-31(19-29)39(33(22-46-32)67-68(44,65)66)40(64)47-23-34(56)55-28-41(42,43)20-30(55)21-45)5-2-6-49-15-17-54(18-16-49)35(57)24-50-7-9-51(25-36(58)59)11-13-53(27-38(62)63)14-12-52(10-8-50)26-37(60)61/h3-4,19,22,30H,2,5-18,20,23-28H2,1H3,(H,47,64)(H,58,59)(H,60,61)(H,62,63)/t30-/m0/s1. The monoisotopic (exact) mass is 983 g/mol. The molecule has 374 valence electrons. The number of carbonyl (C=O) groups excluding carboxylic acids is 3. The molecule has 0 radical (unpaired) electrons. The summed E-state index contributed by atoms with van der Waals surface area (Å²) < 4.78 is 69.2. The lowest BCUT2D eigenvalue weighted by molar-refractivity contribution is -0.141. The van der Waals surface area contributed by atoms with E-state index in [9.17, 15) is 70.4 Å². The molecule has 0 unspecified atom stereocenters. The summed E-state index contributed by atoms with van der Waals surface area (Å²) in [7, 11) is -3.89. The average molecular weight is 984 g/mol. The van der Waals surface area contributed by atoms with Gasteiger partial charge in [0, 0.05) is 110 Å². The van der Waals surface area contributed by atoms with Gasteiger partial charge in [-0.15, -0.1) is 0 Å². The highest BCUT2D eigenvalue weighted by Gasteiger charge is 2.47. The Labute approximate surface area is 390 Å². The topological polar surface area (TPSA) is 281 Å². The van der Waals surface area contributed by atoms with Crippen LogP contribution in [0.25, 0.3) is 10.9 Å². The zero-order valence-electron chi connectivity index (χ0n) is 37.5. The Hall–Kier alpha value is -5.92. The summed E-state index contributed by atoms with van der Waals surface area (Å²) in [5.74, 6) is -9.47. The number of aromatic nitrogens is 1. The zero-order valence-corrected chi connectivity index (χ0v) is 38.3. The molecule has 4 heterocycles. The molecular formula is C41H56F3N11O12S. The number of nitrogens with zero attached hydrogens (tertiary/aromatic N) is 10. The largest absolute Gasteiger partial charge is 0.488 e. The number of carboxylic acid groups (broad SMARTS) is 3. The lowest BCUT2D eigenvalue weighted by Crippen LogP contribution is -2.53. The van der Waals surface area contributed by atoms with Crippen molar-refractivity contribution in [2.75, 3.05) is 143 Å². The van der Waals surface area contributed by atoms with Gasteiger partial charge in [0.05, 0.1) is 62.6 Å². The number of nitrogens with one attached hydrogen (secondary N) is 1. The summed E-state index contributed by atoms with van der Waals surface area (Å²) in [5, 5.41) is 40.0. The number of pyridine rings is 1. The van der Waals surface area contributed by atoms with Crippen LogP contribution >= 0.6 is 0 Å². The van der Waals surface area contributed by atoms with Gasteiger partial charge in [0.15, 0.2) is 5.75 Å². The van der Waals surface area contributed by atoms with Crippen molar-refractivity contribution in [3.05, 3.63) is 30.0 Å². The minimum Gasteiger partial charge on any atom is -0.480 e. The van der Waals surface area contributed by atoms with Gasteiger partial charge in [-0.25, -0.2) is 8.78 Å². The molecule has 0 saturated carbocycles. The van der Waals surface area contributed by atoms with Crippen molar-refractivity contribution in [3.63, 3.8) is 0 Å². The van der Waals surface area contributed by atoms with Gasteiger partial charge < -0.3 is 39.5 Å². The summed E-state index contributed by atoms with van der Waals surface area (Å²) >= 11 is 0. The van der Waals surface area contributed by atoms with Crippen LogP contribution in [0.4, 0.5) is 18.4 Å². The maximum absolute atomic E-state index is 14.0. The first kappa shape index (κ1) is 53.0. The number of alkyl halides is 2. The SMILES string of the molecule is CN(CCCN1CCN(C(=O)CN2CCN(CC(=O)O)CCN(CC(=O)O)CCN(CC(=O)O)CC2)CC1)c1ccc2ncc(OS(=O)(=O)F)c(C(=O)NCC(=O)N3CC(F)(F)C[C@H]3C#N)c2c1. The predicted molar refractivity (Wildman–Crippen MR) is 235 cm³/mol. The quantitative estimate of drug-likeness (QED) is 0.127. The van der Waals surface area contributed by atoms with Crippen LogP contribution in [0, 0.1) is 11.3 Å². The van der Waals surface area contributed by atoms with Crippen molar-refractivity contribution >= 4 is 62.7 Å². The molecule has 3 amide bonds. The first-order valence-electron chi connectivity index (χ1n) is 21.8. The highest BCUT2D eigenvalue weighted by Crippen LogP contribution is 2.33. The number of aliphatic carboxylic acids is 3. The number of benzene rings is 1. The molecule has 3 aliphatic heterocycles. The van der Waals surface area contributed by atoms with Gasteiger partial charge in [-0.05, 0) is 31.2 Å². The van der Waals surface area contributed by atoms with Crippen LogP contribution in [0.15, 0.2) is 24.4 Å². The molecule has 27 heteroatoms. The second-order valence-electron chi connectivity index (χ2n) is 16.9. The third-order valence-corrected chi connectivity index (χ3v) is 12.3. The van der Waals surface area contributed by atoms with E-state index in [2.05, 4.69) is 19.4 Å². The smallest absolute Gasteiger partial charge is 0.480 e. The number of rotatable bonds is 18. The number of hydrogen-bond acceptors (Lipinski definition) is 17. The number of carbonyl (C=O) groups is 6. The molecule has 1 atom stereocenters. The molecule has 23 nitrogen and oxygen atoms in total. The lowest BCUT2D eigenvalue weighted by Gasteiger charge is -2.37. The lowest BCUT2D eigenvalue weighted by atomic mass is 10.1. The van der Waals surface area contributed by atoms with Crippen LogP contribution in [0.2, 0.25) is 0 Å². The number of nitriles is 1. The minimum absolute atomic E-state index is 0.0241. The molecule has 1 aromatic heterocycles. The van der Waals surface area contributed by atoms with E-state index < -0.39 is 83.0 Å². The summed E-state index contributed by atoms with van der Waals surface area (Å²) in [6.07, 6.45) is 0.580. The highest BCUT2D eigenvalue weighted by molar-refractivity contribution is 7.81. The van der Waals surface area contributed by atoms with E-state index in [0.29, 0.717) is 69.4 Å². The van der Waals surface area contributed by atoms with E-state index in [-0.39, 0.29) is 82.3 Å². The Morgan fingerprint density at radius 1 is 0.824 bits per heavy atom. The number of piperazine rings is 1. The molecular weight excluding hydrogens is 928 g/mol. The van der Waals surface area contributed by atoms with Crippen molar-refractivity contribution in [2.45, 2.75) is 24.8 Å². The van der Waals surface area contributed by atoms with Crippen LogP contribution in [-0.4, -0.2) is 249 Å². The fourth-order valence-electron chi connectivity index (χ4n) is 8.30. The van der Waals surface area contributed by atoms with Gasteiger partial charge in [0.25, 0.3) is 11.8 Å². The Balaban J connectivity index is 1.17. The van der Waals surface area contributed by atoms with Crippen LogP contribution in [0.3, 0.4) is 0 Å². The van der Waals surface area contributed by atoms with Crippen molar-refractivity contribution in [2.24, 2.45) is 0 Å². The average Bonchev–Trinajstić information content (AvgIpc) is 3.59. The first-order valence-corrected chi connectivity index (χ1v) is 23.1. The normalized spacial score (nSPS) is 19.7. The van der Waals surface area contributed by atoms with Crippen LogP contribution < -0.4 is 14.4 Å². The van der Waals surface area contributed by atoms with Crippen molar-refractivity contribution in [3.8, 4) is 11.8 Å². The second-order valence-corrected chi connectivity index (χ2v) is 17.8. The van der Waals surface area contributed by atoms with E-state index in [1.54, 1.807) is 38.8 Å². The second kappa shape index (κ2) is 23.9. The van der Waals surface area contributed by atoms with Gasteiger partial charge in [-0.1, -0.05) is 3.89 Å². The van der Waals surface area contributed by atoms with Crippen molar-refractivity contribution in [1.82, 2.24) is 44.6 Å². The van der Waals surface area contributed by atoms with Gasteiger partial charge in [-0.3, -0.25) is 58.3 Å². The summed E-state index contributed by atoms with van der Waals surface area (Å²) in [6.45, 7) is 2.70. The molecule has 5 rings (SSSR count). The number of fused-ring (bicyclic) bond motifs is 1. The molecule has 0 bridgehead atoms. The summed E-state index contributed by atoms with van der Waals surface area (Å²) in [6, 6.07) is 4.92. The summed E-state index contributed by atoms with van der Waals surface area (Å²) in [4.78, 5) is 92.1. The Morgan fingerprint density at radius 2 is 1.34 bits per heavy atom. The molecule has 68 heavy (non-hydrogen) atoms. The van der Waals surface area contributed by atoms with E-state index >= 15 is 0 Å². The van der Waals surface area contributed by atoms with Crippen molar-refractivity contribution in [1.29, 1.82) is 5.26 Å². The molecule has 3 fully saturated rings. The molecule has 3 aliphatic rings. The number of hydrogen-bond donors (Lipinski definition) is 4.